The third-order valence-electron chi connectivity index (χ3n) is 4.21. The molecule has 0 spiro atoms. The number of nitrogens with one attached hydrogen (secondary N) is 1. The lowest BCUT2D eigenvalue weighted by molar-refractivity contribution is -0.141. The molecule has 1 atom stereocenters. The van der Waals surface area contributed by atoms with Crippen molar-refractivity contribution in [1.82, 2.24) is 10.2 Å². The first-order chi connectivity index (χ1) is 12.5. The predicted molar refractivity (Wildman–Crippen MR) is 104 cm³/mol. The number of nitrogens with zero attached hydrogens (tertiary/aromatic N) is 1. The van der Waals surface area contributed by atoms with Gasteiger partial charge in [-0.3, -0.25) is 9.59 Å². The Bertz CT molecular complexity index is 699. The van der Waals surface area contributed by atoms with Crippen LogP contribution in [0.25, 0.3) is 0 Å². The van der Waals surface area contributed by atoms with Crippen LogP contribution in [-0.2, 0) is 22.6 Å². The Morgan fingerprint density at radius 3 is 1.96 bits per heavy atom. The van der Waals surface area contributed by atoms with Gasteiger partial charge in [0.2, 0.25) is 11.8 Å². The maximum atomic E-state index is 13.1. The monoisotopic (exact) mass is 352 g/mol. The van der Waals surface area contributed by atoms with Crippen LogP contribution in [0.5, 0.6) is 0 Å². The molecular weight excluding hydrogens is 324 g/mol. The summed E-state index contributed by atoms with van der Waals surface area (Å²) in [5.74, 6) is -0.134. The molecule has 2 aromatic rings. The van der Waals surface area contributed by atoms with Gasteiger partial charge < -0.3 is 10.2 Å². The Balaban J connectivity index is 2.24. The molecule has 0 fully saturated rings. The summed E-state index contributed by atoms with van der Waals surface area (Å²) in [5, 5.41) is 2.95. The largest absolute Gasteiger partial charge is 0.352 e. The first kappa shape index (κ1) is 19.7. The zero-order valence-electron chi connectivity index (χ0n) is 15.8. The number of carbonyl (C=O) groups is 2. The summed E-state index contributed by atoms with van der Waals surface area (Å²) in [4.78, 5) is 27.4. The fourth-order valence-electron chi connectivity index (χ4n) is 2.95. The third kappa shape index (κ3) is 5.73. The molecule has 0 aliphatic carbocycles. The van der Waals surface area contributed by atoms with Crippen LogP contribution < -0.4 is 5.32 Å². The predicted octanol–water partition coefficient (Wildman–Crippen LogP) is 3.56. The van der Waals surface area contributed by atoms with E-state index in [2.05, 4.69) is 5.32 Å². The minimum atomic E-state index is -0.478. The molecule has 0 heterocycles. The zero-order chi connectivity index (χ0) is 18.9. The molecule has 2 aromatic carbocycles. The second-order valence-corrected chi connectivity index (χ2v) is 6.76. The zero-order valence-corrected chi connectivity index (χ0v) is 15.8. The van der Waals surface area contributed by atoms with Gasteiger partial charge in [0.15, 0.2) is 0 Å². The van der Waals surface area contributed by atoms with Gasteiger partial charge in [-0.05, 0) is 31.4 Å². The van der Waals surface area contributed by atoms with Gasteiger partial charge in [0, 0.05) is 12.6 Å². The molecule has 2 rings (SSSR count). The van der Waals surface area contributed by atoms with Crippen LogP contribution >= 0.6 is 0 Å². The van der Waals surface area contributed by atoms with E-state index < -0.39 is 6.04 Å². The fourth-order valence-corrected chi connectivity index (χ4v) is 2.95. The fraction of sp³-hybridized carbons (Fsp3) is 0.364. The molecule has 0 saturated carbocycles. The van der Waals surface area contributed by atoms with Gasteiger partial charge in [-0.25, -0.2) is 0 Å². The van der Waals surface area contributed by atoms with E-state index >= 15 is 0 Å². The third-order valence-corrected chi connectivity index (χ3v) is 4.21. The van der Waals surface area contributed by atoms with E-state index in [4.69, 9.17) is 0 Å². The van der Waals surface area contributed by atoms with Crippen LogP contribution in [-0.4, -0.2) is 28.8 Å². The van der Waals surface area contributed by atoms with E-state index in [0.29, 0.717) is 19.4 Å². The SMILES string of the molecule is CC[C@@H](C(=O)NC(C)C)N(Cc1ccccc1)C(=O)Cc1ccccc1. The minimum Gasteiger partial charge on any atom is -0.352 e. The molecule has 0 radical (unpaired) electrons. The first-order valence-corrected chi connectivity index (χ1v) is 9.19. The van der Waals surface area contributed by atoms with Crippen LogP contribution in [0, 0.1) is 0 Å². The number of rotatable bonds is 8. The molecular formula is C22H28N2O2. The molecule has 4 nitrogen and oxygen atoms in total. The van der Waals surface area contributed by atoms with Gasteiger partial charge in [-0.2, -0.15) is 0 Å². The molecule has 138 valence electrons. The molecule has 2 amide bonds. The van der Waals surface area contributed by atoms with E-state index in [0.717, 1.165) is 11.1 Å². The number of amides is 2. The highest BCUT2D eigenvalue weighted by Gasteiger charge is 2.28. The van der Waals surface area contributed by atoms with E-state index in [1.165, 1.54) is 0 Å². The summed E-state index contributed by atoms with van der Waals surface area (Å²) < 4.78 is 0. The summed E-state index contributed by atoms with van der Waals surface area (Å²) in [7, 11) is 0. The molecule has 0 unspecified atom stereocenters. The van der Waals surface area contributed by atoms with Gasteiger partial charge >= 0.3 is 0 Å². The van der Waals surface area contributed by atoms with Crippen molar-refractivity contribution in [3.8, 4) is 0 Å². The molecule has 0 aliphatic rings. The van der Waals surface area contributed by atoms with Crippen LogP contribution in [0.15, 0.2) is 60.7 Å². The Morgan fingerprint density at radius 1 is 0.923 bits per heavy atom. The number of benzene rings is 2. The second-order valence-electron chi connectivity index (χ2n) is 6.76. The van der Waals surface area contributed by atoms with Crippen LogP contribution in [0.1, 0.15) is 38.3 Å². The Morgan fingerprint density at radius 2 is 1.46 bits per heavy atom. The highest BCUT2D eigenvalue weighted by molar-refractivity contribution is 5.88. The summed E-state index contributed by atoms with van der Waals surface area (Å²) in [6.45, 7) is 6.23. The average molecular weight is 352 g/mol. The Hall–Kier alpha value is -2.62. The van der Waals surface area contributed by atoms with E-state index in [1.807, 2.05) is 81.4 Å². The van der Waals surface area contributed by atoms with Crippen molar-refractivity contribution in [3.05, 3.63) is 71.8 Å². The van der Waals surface area contributed by atoms with Crippen LogP contribution in [0.2, 0.25) is 0 Å². The smallest absolute Gasteiger partial charge is 0.243 e. The van der Waals surface area contributed by atoms with Crippen molar-refractivity contribution < 1.29 is 9.59 Å². The van der Waals surface area contributed by atoms with Gasteiger partial charge in [-0.1, -0.05) is 67.6 Å². The maximum Gasteiger partial charge on any atom is 0.243 e. The van der Waals surface area contributed by atoms with Crippen molar-refractivity contribution in [1.29, 1.82) is 0 Å². The molecule has 0 aliphatic heterocycles. The van der Waals surface area contributed by atoms with Crippen molar-refractivity contribution in [3.63, 3.8) is 0 Å². The van der Waals surface area contributed by atoms with Crippen molar-refractivity contribution >= 4 is 11.8 Å². The second kappa shape index (κ2) is 9.76. The molecule has 0 aromatic heterocycles. The van der Waals surface area contributed by atoms with Crippen molar-refractivity contribution in [2.24, 2.45) is 0 Å². The molecule has 1 N–H and O–H groups in total. The molecule has 0 saturated heterocycles. The summed E-state index contributed by atoms with van der Waals surface area (Å²) in [6.07, 6.45) is 0.866. The lowest BCUT2D eigenvalue weighted by Gasteiger charge is -2.31. The summed E-state index contributed by atoms with van der Waals surface area (Å²) in [6, 6.07) is 19.0. The summed E-state index contributed by atoms with van der Waals surface area (Å²) in [5.41, 5.74) is 1.97. The molecule has 0 bridgehead atoms. The Labute approximate surface area is 156 Å². The number of carbonyl (C=O) groups excluding carboxylic acids is 2. The maximum absolute atomic E-state index is 13.1. The number of hydrogen-bond donors (Lipinski definition) is 1. The van der Waals surface area contributed by atoms with Gasteiger partial charge in [0.25, 0.3) is 0 Å². The minimum absolute atomic E-state index is 0.0363. The highest BCUT2D eigenvalue weighted by Crippen LogP contribution is 2.14. The van der Waals surface area contributed by atoms with E-state index in [1.54, 1.807) is 4.90 Å². The van der Waals surface area contributed by atoms with E-state index in [9.17, 15) is 9.59 Å². The highest BCUT2D eigenvalue weighted by atomic mass is 16.2. The lowest BCUT2D eigenvalue weighted by atomic mass is 10.1. The standard InChI is InChI=1S/C22H28N2O2/c1-4-20(22(26)23-17(2)3)24(16-19-13-9-6-10-14-19)21(25)15-18-11-7-5-8-12-18/h5-14,17,20H,4,15-16H2,1-3H3,(H,23,26)/t20-/m0/s1. The molecule has 26 heavy (non-hydrogen) atoms. The number of hydrogen-bond acceptors (Lipinski definition) is 2. The van der Waals surface area contributed by atoms with Crippen LogP contribution in [0.3, 0.4) is 0 Å². The van der Waals surface area contributed by atoms with Crippen molar-refractivity contribution in [2.75, 3.05) is 0 Å². The Kier molecular flexibility index (Phi) is 7.39. The average Bonchev–Trinajstić information content (AvgIpc) is 2.62. The van der Waals surface area contributed by atoms with Crippen molar-refractivity contribution in [2.45, 2.75) is 52.2 Å². The normalized spacial score (nSPS) is 11.8. The van der Waals surface area contributed by atoms with E-state index in [-0.39, 0.29) is 17.9 Å². The van der Waals surface area contributed by atoms with Crippen LogP contribution in [0.4, 0.5) is 0 Å². The first-order valence-electron chi connectivity index (χ1n) is 9.19. The topological polar surface area (TPSA) is 49.4 Å². The lowest BCUT2D eigenvalue weighted by Crippen LogP contribution is -2.50. The van der Waals surface area contributed by atoms with Gasteiger partial charge in [0.1, 0.15) is 6.04 Å². The van der Waals surface area contributed by atoms with Gasteiger partial charge in [-0.15, -0.1) is 0 Å². The quantitative estimate of drug-likeness (QED) is 0.790. The van der Waals surface area contributed by atoms with Gasteiger partial charge in [0.05, 0.1) is 6.42 Å². The molecule has 4 heteroatoms. The summed E-state index contributed by atoms with van der Waals surface area (Å²) >= 11 is 0.